The molecule has 0 heterocycles. The predicted molar refractivity (Wildman–Crippen MR) is 84.5 cm³/mol. The van der Waals surface area contributed by atoms with Crippen LogP contribution in [0.4, 0.5) is 0 Å². The molecule has 19 heavy (non-hydrogen) atoms. The smallest absolute Gasteiger partial charge is 0.0363 e. The van der Waals surface area contributed by atoms with Gasteiger partial charge < -0.3 is 0 Å². The van der Waals surface area contributed by atoms with Gasteiger partial charge in [0.1, 0.15) is 0 Å². The van der Waals surface area contributed by atoms with Crippen molar-refractivity contribution in [1.29, 1.82) is 0 Å². The van der Waals surface area contributed by atoms with Crippen LogP contribution in [0.5, 0.6) is 0 Å². The molecular formula is C18H23N. The quantitative estimate of drug-likeness (QED) is 0.514. The summed E-state index contributed by atoms with van der Waals surface area (Å²) in [6.45, 7) is 8.00. The molecule has 0 bridgehead atoms. The first-order valence-corrected chi connectivity index (χ1v) is 7.25. The molecule has 1 saturated carbocycles. The van der Waals surface area contributed by atoms with E-state index in [9.17, 15) is 0 Å². The molecule has 0 spiro atoms. The van der Waals surface area contributed by atoms with Crippen molar-refractivity contribution in [2.24, 2.45) is 10.9 Å². The summed E-state index contributed by atoms with van der Waals surface area (Å²) in [5.74, 6) is 0.578. The number of benzene rings is 1. The Labute approximate surface area is 116 Å². The van der Waals surface area contributed by atoms with Crippen LogP contribution in [0.2, 0.25) is 0 Å². The van der Waals surface area contributed by atoms with E-state index in [1.807, 2.05) is 24.4 Å². The lowest BCUT2D eigenvalue weighted by Gasteiger charge is -2.13. The minimum atomic E-state index is 0.578. The van der Waals surface area contributed by atoms with Gasteiger partial charge in [-0.3, -0.25) is 4.99 Å². The zero-order valence-electron chi connectivity index (χ0n) is 11.6. The van der Waals surface area contributed by atoms with Gasteiger partial charge in [-0.1, -0.05) is 69.2 Å². The van der Waals surface area contributed by atoms with E-state index in [0.29, 0.717) is 5.92 Å². The Kier molecular flexibility index (Phi) is 5.14. The standard InChI is InChI=1S/C18H23N/c1-3-16-10-8-9-13-18(16)14-19-15(2)17-11-6-4-5-7-12-17/h3,8-10,13-14,17H,1-2,4-7,11-12H2. The van der Waals surface area contributed by atoms with E-state index < -0.39 is 0 Å². The largest absolute Gasteiger partial charge is 0.261 e. The van der Waals surface area contributed by atoms with E-state index in [-0.39, 0.29) is 0 Å². The molecule has 0 aliphatic heterocycles. The van der Waals surface area contributed by atoms with E-state index in [1.165, 1.54) is 38.5 Å². The van der Waals surface area contributed by atoms with Crippen LogP contribution in [0.25, 0.3) is 6.08 Å². The fraction of sp³-hybridized carbons (Fsp3) is 0.389. The number of nitrogens with zero attached hydrogens (tertiary/aromatic N) is 1. The second-order valence-electron chi connectivity index (χ2n) is 5.27. The highest BCUT2D eigenvalue weighted by atomic mass is 14.7. The van der Waals surface area contributed by atoms with E-state index in [1.54, 1.807) is 0 Å². The first-order chi connectivity index (χ1) is 9.31. The molecular weight excluding hydrogens is 230 g/mol. The molecule has 1 nitrogen and oxygen atoms in total. The molecule has 1 aromatic rings. The minimum Gasteiger partial charge on any atom is -0.261 e. The third kappa shape index (κ3) is 3.92. The lowest BCUT2D eigenvalue weighted by Crippen LogP contribution is -2.00. The Morgan fingerprint density at radius 1 is 1.05 bits per heavy atom. The Bertz CT molecular complexity index is 462. The summed E-state index contributed by atoms with van der Waals surface area (Å²) in [7, 11) is 0. The Morgan fingerprint density at radius 2 is 1.68 bits per heavy atom. The highest BCUT2D eigenvalue weighted by Gasteiger charge is 2.14. The molecule has 0 aromatic heterocycles. The maximum Gasteiger partial charge on any atom is 0.0363 e. The van der Waals surface area contributed by atoms with Crippen molar-refractivity contribution in [3.8, 4) is 0 Å². The molecule has 0 atom stereocenters. The number of allylic oxidation sites excluding steroid dienone is 1. The van der Waals surface area contributed by atoms with Crippen molar-refractivity contribution >= 4 is 12.3 Å². The van der Waals surface area contributed by atoms with Gasteiger partial charge in [-0.05, 0) is 24.0 Å². The first kappa shape index (κ1) is 13.8. The summed E-state index contributed by atoms with van der Waals surface area (Å²) in [6, 6.07) is 8.18. The summed E-state index contributed by atoms with van der Waals surface area (Å²) in [5.41, 5.74) is 3.29. The molecule has 0 N–H and O–H groups in total. The van der Waals surface area contributed by atoms with Crippen LogP contribution in [0.3, 0.4) is 0 Å². The summed E-state index contributed by atoms with van der Waals surface area (Å²) in [5, 5.41) is 0. The fourth-order valence-corrected chi connectivity index (χ4v) is 2.68. The average Bonchev–Trinajstić information content (AvgIpc) is 2.74. The normalized spacial score (nSPS) is 17.3. The molecule has 1 aliphatic rings. The van der Waals surface area contributed by atoms with Crippen molar-refractivity contribution in [1.82, 2.24) is 0 Å². The molecule has 0 saturated heterocycles. The Balaban J connectivity index is 2.04. The van der Waals surface area contributed by atoms with Crippen molar-refractivity contribution in [3.05, 3.63) is 54.2 Å². The van der Waals surface area contributed by atoms with Crippen LogP contribution in [-0.2, 0) is 0 Å². The van der Waals surface area contributed by atoms with Gasteiger partial charge in [-0.15, -0.1) is 0 Å². The van der Waals surface area contributed by atoms with Crippen molar-refractivity contribution in [3.63, 3.8) is 0 Å². The maximum absolute atomic E-state index is 4.60. The van der Waals surface area contributed by atoms with Gasteiger partial charge in [0.25, 0.3) is 0 Å². The van der Waals surface area contributed by atoms with Crippen molar-refractivity contribution in [2.45, 2.75) is 38.5 Å². The van der Waals surface area contributed by atoms with Crippen LogP contribution in [0, 0.1) is 5.92 Å². The van der Waals surface area contributed by atoms with Crippen molar-refractivity contribution < 1.29 is 0 Å². The maximum atomic E-state index is 4.60. The second kappa shape index (κ2) is 7.08. The molecule has 1 heteroatoms. The van der Waals surface area contributed by atoms with Gasteiger partial charge >= 0.3 is 0 Å². The van der Waals surface area contributed by atoms with Gasteiger partial charge in [0.15, 0.2) is 0 Å². The predicted octanol–water partition coefficient (Wildman–Crippen LogP) is 5.23. The number of hydrogen-bond acceptors (Lipinski definition) is 1. The van der Waals surface area contributed by atoms with Gasteiger partial charge in [-0.2, -0.15) is 0 Å². The lowest BCUT2D eigenvalue weighted by molar-refractivity contribution is 0.528. The van der Waals surface area contributed by atoms with Crippen molar-refractivity contribution in [2.75, 3.05) is 0 Å². The molecule has 0 radical (unpaired) electrons. The van der Waals surface area contributed by atoms with Crippen LogP contribution in [0.1, 0.15) is 49.7 Å². The van der Waals surface area contributed by atoms with E-state index in [0.717, 1.165) is 16.8 Å². The highest BCUT2D eigenvalue weighted by Crippen LogP contribution is 2.28. The van der Waals surface area contributed by atoms with Crippen LogP contribution in [0.15, 0.2) is 48.1 Å². The molecule has 100 valence electrons. The summed E-state index contributed by atoms with van der Waals surface area (Å²) >= 11 is 0. The summed E-state index contributed by atoms with van der Waals surface area (Å²) in [4.78, 5) is 4.60. The van der Waals surface area contributed by atoms with E-state index in [2.05, 4.69) is 30.3 Å². The van der Waals surface area contributed by atoms with Gasteiger partial charge in [0.05, 0.1) is 0 Å². The van der Waals surface area contributed by atoms with Gasteiger partial charge in [0, 0.05) is 17.8 Å². The fourth-order valence-electron chi connectivity index (χ4n) is 2.68. The van der Waals surface area contributed by atoms with E-state index >= 15 is 0 Å². The zero-order valence-corrected chi connectivity index (χ0v) is 11.6. The second-order valence-corrected chi connectivity index (χ2v) is 5.27. The Hall–Kier alpha value is -1.63. The van der Waals surface area contributed by atoms with Crippen LogP contribution >= 0.6 is 0 Å². The minimum absolute atomic E-state index is 0.578. The summed E-state index contributed by atoms with van der Waals surface area (Å²) in [6.07, 6.45) is 11.7. The molecule has 2 rings (SSSR count). The first-order valence-electron chi connectivity index (χ1n) is 7.25. The topological polar surface area (TPSA) is 12.4 Å². The molecule has 0 amide bonds. The van der Waals surface area contributed by atoms with Gasteiger partial charge in [-0.25, -0.2) is 0 Å². The number of aliphatic imine (C=N–C) groups is 1. The molecule has 0 unspecified atom stereocenters. The SMILES string of the molecule is C=Cc1ccccc1C=NC(=C)C1CCCCCC1. The monoisotopic (exact) mass is 253 g/mol. The molecule has 1 aromatic carbocycles. The molecule has 1 fully saturated rings. The zero-order chi connectivity index (χ0) is 13.5. The highest BCUT2D eigenvalue weighted by molar-refractivity contribution is 5.85. The average molecular weight is 253 g/mol. The van der Waals surface area contributed by atoms with Gasteiger partial charge in [0.2, 0.25) is 0 Å². The number of hydrogen-bond donors (Lipinski definition) is 0. The molecule has 1 aliphatic carbocycles. The number of rotatable bonds is 4. The van der Waals surface area contributed by atoms with Crippen LogP contribution in [-0.4, -0.2) is 6.21 Å². The van der Waals surface area contributed by atoms with Crippen LogP contribution < -0.4 is 0 Å². The summed E-state index contributed by atoms with van der Waals surface area (Å²) < 4.78 is 0. The lowest BCUT2D eigenvalue weighted by atomic mass is 9.97. The third-order valence-corrected chi connectivity index (χ3v) is 3.91. The van der Waals surface area contributed by atoms with E-state index in [4.69, 9.17) is 0 Å². The Morgan fingerprint density at radius 3 is 2.32 bits per heavy atom. The third-order valence-electron chi connectivity index (χ3n) is 3.91.